The van der Waals surface area contributed by atoms with Crippen molar-refractivity contribution in [3.05, 3.63) is 23.8 Å². The largest absolute Gasteiger partial charge is 0.398 e. The van der Waals surface area contributed by atoms with Crippen molar-refractivity contribution in [3.63, 3.8) is 0 Å². The van der Waals surface area contributed by atoms with Gasteiger partial charge in [-0.1, -0.05) is 6.07 Å². The lowest BCUT2D eigenvalue weighted by Gasteiger charge is -2.18. The Bertz CT molecular complexity index is 481. The maximum Gasteiger partial charge on any atom is 0.227 e. The lowest BCUT2D eigenvalue weighted by atomic mass is 10.1. The lowest BCUT2D eigenvalue weighted by Crippen LogP contribution is -2.29. The van der Waals surface area contributed by atoms with Crippen molar-refractivity contribution in [1.29, 1.82) is 0 Å². The third kappa shape index (κ3) is 2.45. The highest BCUT2D eigenvalue weighted by Gasteiger charge is 2.26. The number of amides is 1. The van der Waals surface area contributed by atoms with Gasteiger partial charge in [0, 0.05) is 36.5 Å². The summed E-state index contributed by atoms with van der Waals surface area (Å²) in [6.07, 6.45) is 4.78. The zero-order chi connectivity index (χ0) is 13.2. The van der Waals surface area contributed by atoms with Crippen LogP contribution in [0.25, 0.3) is 0 Å². The first-order valence-electron chi connectivity index (χ1n) is 7.05. The minimum Gasteiger partial charge on any atom is -0.398 e. The fourth-order valence-corrected chi connectivity index (χ4v) is 3.01. The van der Waals surface area contributed by atoms with Crippen LogP contribution >= 0.6 is 0 Å². The molecule has 102 valence electrons. The average Bonchev–Trinajstić information content (AvgIpc) is 3.06. The van der Waals surface area contributed by atoms with Crippen LogP contribution in [0.4, 0.5) is 11.4 Å². The number of anilines is 2. The smallest absolute Gasteiger partial charge is 0.227 e. The molecule has 1 saturated heterocycles. The monoisotopic (exact) mass is 260 g/mol. The van der Waals surface area contributed by atoms with Gasteiger partial charge in [0.2, 0.25) is 5.91 Å². The van der Waals surface area contributed by atoms with Crippen LogP contribution in [0, 0.1) is 0 Å². The summed E-state index contributed by atoms with van der Waals surface area (Å²) in [4.78, 5) is 14.2. The standard InChI is InChI=1S/C15H20N2O2/c16-13-4-1-5-14-12(13)8-9-17(14)15(18)7-6-11-3-2-10-19-11/h1,4-5,11H,2-3,6-10,16H2. The normalized spacial score (nSPS) is 21.7. The van der Waals surface area contributed by atoms with Crippen molar-refractivity contribution >= 4 is 17.3 Å². The number of fused-ring (bicyclic) bond motifs is 1. The van der Waals surface area contributed by atoms with E-state index in [1.54, 1.807) is 0 Å². The second-order valence-corrected chi connectivity index (χ2v) is 5.31. The van der Waals surface area contributed by atoms with Crippen molar-refractivity contribution in [2.75, 3.05) is 23.8 Å². The summed E-state index contributed by atoms with van der Waals surface area (Å²) in [5, 5.41) is 0. The summed E-state index contributed by atoms with van der Waals surface area (Å²) < 4.78 is 5.56. The van der Waals surface area contributed by atoms with Gasteiger partial charge in [0.05, 0.1) is 6.10 Å². The zero-order valence-corrected chi connectivity index (χ0v) is 11.1. The molecule has 0 saturated carbocycles. The second-order valence-electron chi connectivity index (χ2n) is 5.31. The van der Waals surface area contributed by atoms with Crippen LogP contribution in [0.5, 0.6) is 0 Å². The van der Waals surface area contributed by atoms with Gasteiger partial charge in [-0.2, -0.15) is 0 Å². The molecule has 19 heavy (non-hydrogen) atoms. The Hall–Kier alpha value is -1.55. The van der Waals surface area contributed by atoms with Gasteiger partial charge in [-0.05, 0) is 37.8 Å². The van der Waals surface area contributed by atoms with Crippen LogP contribution < -0.4 is 10.6 Å². The molecule has 0 bridgehead atoms. The van der Waals surface area contributed by atoms with Gasteiger partial charge in [0.25, 0.3) is 0 Å². The SMILES string of the molecule is Nc1cccc2c1CCN2C(=O)CCC1CCCO1. The summed E-state index contributed by atoms with van der Waals surface area (Å²) >= 11 is 0. The molecular formula is C15H20N2O2. The molecule has 1 fully saturated rings. The molecule has 1 aromatic rings. The molecule has 1 amide bonds. The second kappa shape index (κ2) is 5.21. The quantitative estimate of drug-likeness (QED) is 0.847. The predicted molar refractivity (Wildman–Crippen MR) is 75.1 cm³/mol. The third-order valence-corrected chi connectivity index (χ3v) is 4.07. The van der Waals surface area contributed by atoms with Gasteiger partial charge in [0.1, 0.15) is 0 Å². The highest BCUT2D eigenvalue weighted by atomic mass is 16.5. The molecule has 1 atom stereocenters. The number of hydrogen-bond donors (Lipinski definition) is 1. The van der Waals surface area contributed by atoms with E-state index in [0.29, 0.717) is 6.42 Å². The number of rotatable bonds is 3. The number of carbonyl (C=O) groups is 1. The van der Waals surface area contributed by atoms with E-state index in [9.17, 15) is 4.79 Å². The molecule has 2 N–H and O–H groups in total. The van der Waals surface area contributed by atoms with Crippen LogP contribution in [0.1, 0.15) is 31.2 Å². The molecule has 0 radical (unpaired) electrons. The van der Waals surface area contributed by atoms with Crippen LogP contribution in [0.2, 0.25) is 0 Å². The Balaban J connectivity index is 1.64. The van der Waals surface area contributed by atoms with E-state index >= 15 is 0 Å². The van der Waals surface area contributed by atoms with E-state index in [-0.39, 0.29) is 12.0 Å². The first-order valence-corrected chi connectivity index (χ1v) is 7.05. The first kappa shape index (κ1) is 12.5. The maximum absolute atomic E-state index is 12.3. The van der Waals surface area contributed by atoms with Crippen LogP contribution in [-0.4, -0.2) is 25.2 Å². The summed E-state index contributed by atoms with van der Waals surface area (Å²) in [6.45, 7) is 1.61. The zero-order valence-electron chi connectivity index (χ0n) is 11.1. The van der Waals surface area contributed by atoms with Crippen molar-refractivity contribution in [1.82, 2.24) is 0 Å². The van der Waals surface area contributed by atoms with Gasteiger partial charge in [-0.15, -0.1) is 0 Å². The number of nitrogens with zero attached hydrogens (tertiary/aromatic N) is 1. The molecule has 3 rings (SSSR count). The molecule has 1 aromatic carbocycles. The van der Waals surface area contributed by atoms with Crippen molar-refractivity contribution in [3.8, 4) is 0 Å². The molecule has 2 aliphatic heterocycles. The highest BCUT2D eigenvalue weighted by molar-refractivity contribution is 5.96. The van der Waals surface area contributed by atoms with Crippen molar-refractivity contribution in [2.45, 2.75) is 38.2 Å². The Morgan fingerprint density at radius 3 is 3.16 bits per heavy atom. The Kier molecular flexibility index (Phi) is 3.42. The molecule has 1 unspecified atom stereocenters. The van der Waals surface area contributed by atoms with Gasteiger partial charge < -0.3 is 15.4 Å². The van der Waals surface area contributed by atoms with E-state index < -0.39 is 0 Å². The van der Waals surface area contributed by atoms with Gasteiger partial charge in [-0.25, -0.2) is 0 Å². The Labute approximate surface area is 113 Å². The van der Waals surface area contributed by atoms with E-state index in [4.69, 9.17) is 10.5 Å². The Morgan fingerprint density at radius 2 is 2.37 bits per heavy atom. The van der Waals surface area contributed by atoms with Crippen LogP contribution in [-0.2, 0) is 16.0 Å². The molecule has 0 spiro atoms. The minimum atomic E-state index is 0.194. The van der Waals surface area contributed by atoms with E-state index in [1.807, 2.05) is 23.1 Å². The molecular weight excluding hydrogens is 240 g/mol. The number of benzene rings is 1. The predicted octanol–water partition coefficient (Wildman–Crippen LogP) is 2.12. The third-order valence-electron chi connectivity index (χ3n) is 4.07. The Morgan fingerprint density at radius 1 is 1.47 bits per heavy atom. The number of nitrogen functional groups attached to an aromatic ring is 1. The molecule has 2 aliphatic rings. The molecule has 4 heteroatoms. The van der Waals surface area contributed by atoms with Crippen molar-refractivity contribution in [2.24, 2.45) is 0 Å². The van der Waals surface area contributed by atoms with Gasteiger partial charge >= 0.3 is 0 Å². The molecule has 2 heterocycles. The highest BCUT2D eigenvalue weighted by Crippen LogP contribution is 2.32. The van der Waals surface area contributed by atoms with Crippen LogP contribution in [0.3, 0.4) is 0 Å². The summed E-state index contributed by atoms with van der Waals surface area (Å²) in [5.41, 5.74) is 8.86. The summed E-state index contributed by atoms with van der Waals surface area (Å²) in [5.74, 6) is 0.194. The van der Waals surface area contributed by atoms with Crippen molar-refractivity contribution < 1.29 is 9.53 Å². The number of ether oxygens (including phenoxy) is 1. The number of carbonyl (C=O) groups excluding carboxylic acids is 1. The first-order chi connectivity index (χ1) is 9.25. The maximum atomic E-state index is 12.3. The summed E-state index contributed by atoms with van der Waals surface area (Å²) in [7, 11) is 0. The molecule has 0 aliphatic carbocycles. The number of hydrogen-bond acceptors (Lipinski definition) is 3. The van der Waals surface area contributed by atoms with Gasteiger partial charge in [-0.3, -0.25) is 4.79 Å². The van der Waals surface area contributed by atoms with E-state index in [1.165, 1.54) is 0 Å². The van der Waals surface area contributed by atoms with Gasteiger partial charge in [0.15, 0.2) is 0 Å². The minimum absolute atomic E-state index is 0.194. The average molecular weight is 260 g/mol. The molecule has 0 aromatic heterocycles. The molecule has 4 nitrogen and oxygen atoms in total. The topological polar surface area (TPSA) is 55.6 Å². The fraction of sp³-hybridized carbons (Fsp3) is 0.533. The lowest BCUT2D eigenvalue weighted by molar-refractivity contribution is -0.119. The fourth-order valence-electron chi connectivity index (χ4n) is 3.01. The van der Waals surface area contributed by atoms with E-state index in [0.717, 1.165) is 55.8 Å². The van der Waals surface area contributed by atoms with E-state index in [2.05, 4.69) is 0 Å². The number of nitrogens with two attached hydrogens (primary N) is 1. The van der Waals surface area contributed by atoms with Crippen LogP contribution in [0.15, 0.2) is 18.2 Å². The summed E-state index contributed by atoms with van der Waals surface area (Å²) in [6, 6.07) is 5.81.